The van der Waals surface area contributed by atoms with Crippen LogP contribution in [0.2, 0.25) is 0 Å². The maximum absolute atomic E-state index is 12.4. The molecular formula is C19H16INO3. The predicted octanol–water partition coefficient (Wildman–Crippen LogP) is 3.65. The van der Waals surface area contributed by atoms with Gasteiger partial charge in [0.25, 0.3) is 11.7 Å². The minimum atomic E-state index is -0.654. The van der Waals surface area contributed by atoms with Crippen LogP contribution < -0.4 is 0 Å². The number of halogens is 1. The summed E-state index contributed by atoms with van der Waals surface area (Å²) >= 11 is 2.20. The fourth-order valence-corrected chi connectivity index (χ4v) is 3.21. The highest BCUT2D eigenvalue weighted by Gasteiger charge is 2.44. The molecule has 0 aliphatic carbocycles. The first-order valence-corrected chi connectivity index (χ1v) is 8.55. The van der Waals surface area contributed by atoms with Crippen molar-refractivity contribution >= 4 is 40.0 Å². The maximum atomic E-state index is 12.4. The van der Waals surface area contributed by atoms with Gasteiger partial charge in [-0.2, -0.15) is 0 Å². The van der Waals surface area contributed by atoms with Gasteiger partial charge in [0.15, 0.2) is 0 Å². The summed E-state index contributed by atoms with van der Waals surface area (Å²) in [7, 11) is 1.58. The standard InChI is InChI=1S/C19H16INO3/c1-11-3-5-13(6-4-11)17(22)15-16(21(2)19(24)18(15)23)12-7-9-14(20)10-8-12/h3-10,16,22H,1-2H3/t16-/m0/s1. The van der Waals surface area contributed by atoms with Gasteiger partial charge in [0.2, 0.25) is 0 Å². The lowest BCUT2D eigenvalue weighted by Gasteiger charge is -2.21. The number of Topliss-reactive ketones (excluding diaryl/α,β-unsaturated/α-hetero) is 1. The number of benzene rings is 2. The van der Waals surface area contributed by atoms with Gasteiger partial charge in [-0.1, -0.05) is 42.0 Å². The molecule has 1 atom stereocenters. The zero-order valence-electron chi connectivity index (χ0n) is 13.3. The van der Waals surface area contributed by atoms with Crippen LogP contribution in [0.25, 0.3) is 5.76 Å². The summed E-state index contributed by atoms with van der Waals surface area (Å²) in [4.78, 5) is 26.0. The Morgan fingerprint density at radius 1 is 1.04 bits per heavy atom. The number of carbonyl (C=O) groups is 2. The van der Waals surface area contributed by atoms with E-state index in [-0.39, 0.29) is 11.3 Å². The second-order valence-electron chi connectivity index (χ2n) is 5.83. The minimum Gasteiger partial charge on any atom is -0.507 e. The van der Waals surface area contributed by atoms with Crippen molar-refractivity contribution in [2.75, 3.05) is 7.05 Å². The first-order valence-electron chi connectivity index (χ1n) is 7.47. The number of hydrogen-bond donors (Lipinski definition) is 1. The van der Waals surface area contributed by atoms with E-state index in [0.717, 1.165) is 14.7 Å². The fraction of sp³-hybridized carbons (Fsp3) is 0.158. The molecule has 0 spiro atoms. The monoisotopic (exact) mass is 433 g/mol. The number of aliphatic hydroxyl groups is 1. The fourth-order valence-electron chi connectivity index (χ4n) is 2.85. The van der Waals surface area contributed by atoms with Gasteiger partial charge in [-0.25, -0.2) is 0 Å². The molecule has 1 heterocycles. The van der Waals surface area contributed by atoms with Crippen LogP contribution in [0.15, 0.2) is 54.1 Å². The summed E-state index contributed by atoms with van der Waals surface area (Å²) in [5.41, 5.74) is 2.51. The van der Waals surface area contributed by atoms with E-state index in [1.807, 2.05) is 43.3 Å². The van der Waals surface area contributed by atoms with Gasteiger partial charge in [-0.15, -0.1) is 0 Å². The Balaban J connectivity index is 2.16. The molecule has 4 nitrogen and oxygen atoms in total. The van der Waals surface area contributed by atoms with Crippen LogP contribution >= 0.6 is 22.6 Å². The smallest absolute Gasteiger partial charge is 0.295 e. The van der Waals surface area contributed by atoms with Crippen LogP contribution in [-0.4, -0.2) is 28.7 Å². The van der Waals surface area contributed by atoms with Gasteiger partial charge in [-0.05, 0) is 47.2 Å². The molecule has 1 aliphatic heterocycles. The average molecular weight is 433 g/mol. The number of nitrogens with zero attached hydrogens (tertiary/aromatic N) is 1. The first-order chi connectivity index (χ1) is 11.4. The van der Waals surface area contributed by atoms with Crippen molar-refractivity contribution in [1.82, 2.24) is 4.90 Å². The summed E-state index contributed by atoms with van der Waals surface area (Å²) in [5.74, 6) is -1.40. The minimum absolute atomic E-state index is 0.132. The molecule has 0 saturated carbocycles. The molecule has 1 saturated heterocycles. The Morgan fingerprint density at radius 2 is 1.62 bits per heavy atom. The average Bonchev–Trinajstić information content (AvgIpc) is 2.80. The lowest BCUT2D eigenvalue weighted by molar-refractivity contribution is -0.139. The van der Waals surface area contributed by atoms with E-state index in [9.17, 15) is 14.7 Å². The van der Waals surface area contributed by atoms with Crippen LogP contribution in [0.5, 0.6) is 0 Å². The number of likely N-dealkylation sites (tertiary alicyclic amines) is 1. The zero-order valence-corrected chi connectivity index (χ0v) is 15.4. The van der Waals surface area contributed by atoms with Crippen LogP contribution in [0.1, 0.15) is 22.7 Å². The lowest BCUT2D eigenvalue weighted by Crippen LogP contribution is -2.24. The van der Waals surface area contributed by atoms with E-state index >= 15 is 0 Å². The highest BCUT2D eigenvalue weighted by atomic mass is 127. The molecular weight excluding hydrogens is 417 g/mol. The lowest BCUT2D eigenvalue weighted by atomic mass is 9.95. The Bertz CT molecular complexity index is 838. The molecule has 1 N–H and O–H groups in total. The van der Waals surface area contributed by atoms with Gasteiger partial charge < -0.3 is 10.0 Å². The third-order valence-corrected chi connectivity index (χ3v) is 4.90. The third-order valence-electron chi connectivity index (χ3n) is 4.19. The van der Waals surface area contributed by atoms with E-state index in [1.165, 1.54) is 4.90 Å². The van der Waals surface area contributed by atoms with Gasteiger partial charge in [0, 0.05) is 16.2 Å². The number of aliphatic hydroxyl groups excluding tert-OH is 1. The molecule has 0 aromatic heterocycles. The molecule has 1 aliphatic rings. The molecule has 2 aromatic rings. The van der Waals surface area contributed by atoms with Crippen molar-refractivity contribution in [2.24, 2.45) is 0 Å². The SMILES string of the molecule is Cc1ccc(C(O)=C2C(=O)C(=O)N(C)[C@H]2c2ccc(I)cc2)cc1. The van der Waals surface area contributed by atoms with E-state index in [1.54, 1.807) is 19.2 Å². The van der Waals surface area contributed by atoms with Crippen molar-refractivity contribution in [3.63, 3.8) is 0 Å². The van der Waals surface area contributed by atoms with Crippen LogP contribution in [0.3, 0.4) is 0 Å². The topological polar surface area (TPSA) is 57.6 Å². The van der Waals surface area contributed by atoms with Gasteiger partial charge >= 0.3 is 0 Å². The van der Waals surface area contributed by atoms with Crippen LogP contribution in [0, 0.1) is 10.5 Å². The first kappa shape index (κ1) is 16.7. The van der Waals surface area contributed by atoms with Gasteiger partial charge in [0.05, 0.1) is 11.6 Å². The van der Waals surface area contributed by atoms with Crippen LogP contribution in [0.4, 0.5) is 0 Å². The molecule has 2 aromatic carbocycles. The molecule has 122 valence electrons. The molecule has 0 radical (unpaired) electrons. The van der Waals surface area contributed by atoms with Crippen LogP contribution in [-0.2, 0) is 9.59 Å². The molecule has 0 unspecified atom stereocenters. The molecule has 0 bridgehead atoms. The quantitative estimate of drug-likeness (QED) is 0.341. The number of amides is 1. The zero-order chi connectivity index (χ0) is 17.4. The number of hydrogen-bond acceptors (Lipinski definition) is 3. The number of aryl methyl sites for hydroxylation is 1. The number of likely N-dealkylation sites (N-methyl/N-ethyl adjacent to an activating group) is 1. The summed E-state index contributed by atoms with van der Waals surface area (Å²) in [6.45, 7) is 1.94. The number of rotatable bonds is 2. The molecule has 3 rings (SSSR count). The Hall–Kier alpha value is -2.15. The van der Waals surface area contributed by atoms with Crippen molar-refractivity contribution < 1.29 is 14.7 Å². The predicted molar refractivity (Wildman–Crippen MR) is 100 cm³/mol. The second-order valence-corrected chi connectivity index (χ2v) is 7.07. The molecule has 5 heteroatoms. The molecule has 1 fully saturated rings. The van der Waals surface area contributed by atoms with Crippen molar-refractivity contribution in [2.45, 2.75) is 13.0 Å². The Morgan fingerprint density at radius 3 is 2.21 bits per heavy atom. The van der Waals surface area contributed by atoms with Crippen molar-refractivity contribution in [3.05, 3.63) is 74.4 Å². The van der Waals surface area contributed by atoms with Crippen molar-refractivity contribution in [3.8, 4) is 0 Å². The maximum Gasteiger partial charge on any atom is 0.295 e. The Kier molecular flexibility index (Phi) is 4.45. The largest absolute Gasteiger partial charge is 0.507 e. The van der Waals surface area contributed by atoms with E-state index in [4.69, 9.17) is 0 Å². The van der Waals surface area contributed by atoms with E-state index < -0.39 is 17.7 Å². The summed E-state index contributed by atoms with van der Waals surface area (Å²) in [5, 5.41) is 10.7. The summed E-state index contributed by atoms with van der Waals surface area (Å²) in [6.07, 6.45) is 0. The third kappa shape index (κ3) is 2.84. The number of carbonyl (C=O) groups excluding carboxylic acids is 2. The molecule has 24 heavy (non-hydrogen) atoms. The van der Waals surface area contributed by atoms with Crippen molar-refractivity contribution in [1.29, 1.82) is 0 Å². The Labute approximate surface area is 153 Å². The number of ketones is 1. The highest BCUT2D eigenvalue weighted by molar-refractivity contribution is 14.1. The van der Waals surface area contributed by atoms with Gasteiger partial charge in [-0.3, -0.25) is 9.59 Å². The normalized spacial score (nSPS) is 19.8. The van der Waals surface area contributed by atoms with E-state index in [0.29, 0.717) is 5.56 Å². The second kappa shape index (κ2) is 6.39. The molecule has 1 amide bonds. The van der Waals surface area contributed by atoms with E-state index in [2.05, 4.69) is 22.6 Å². The summed E-state index contributed by atoms with van der Waals surface area (Å²) in [6, 6.07) is 14.2. The summed E-state index contributed by atoms with van der Waals surface area (Å²) < 4.78 is 1.06. The highest BCUT2D eigenvalue weighted by Crippen LogP contribution is 2.38. The van der Waals surface area contributed by atoms with Gasteiger partial charge in [0.1, 0.15) is 5.76 Å².